The van der Waals surface area contributed by atoms with Gasteiger partial charge >= 0.3 is 0 Å². The molecule has 7 heteroatoms. The molecular formula is C12H17N5O2. The van der Waals surface area contributed by atoms with Gasteiger partial charge in [0.1, 0.15) is 11.4 Å². The standard InChI is InChI=1S/C12H17N5O2/c1-8-10(15-19-14-8)6-17(2)7-11-13-12(18-16-11)9-4-3-5-9/h9H,3-7H2,1-2H3. The molecule has 0 saturated heterocycles. The third kappa shape index (κ3) is 2.65. The van der Waals surface area contributed by atoms with Crippen LogP contribution in [0.2, 0.25) is 0 Å². The Bertz CT molecular complexity index is 546. The molecule has 2 aromatic heterocycles. The summed E-state index contributed by atoms with van der Waals surface area (Å²) < 4.78 is 9.97. The van der Waals surface area contributed by atoms with Gasteiger partial charge in [-0.1, -0.05) is 21.9 Å². The Hall–Kier alpha value is -1.76. The van der Waals surface area contributed by atoms with Crippen LogP contribution in [0.15, 0.2) is 9.15 Å². The van der Waals surface area contributed by atoms with Crippen molar-refractivity contribution in [2.75, 3.05) is 7.05 Å². The maximum absolute atomic E-state index is 5.29. The van der Waals surface area contributed by atoms with Crippen LogP contribution >= 0.6 is 0 Å². The third-order valence-corrected chi connectivity index (χ3v) is 3.52. The van der Waals surface area contributed by atoms with Gasteiger partial charge in [0.05, 0.1) is 6.54 Å². The van der Waals surface area contributed by atoms with Crippen LogP contribution in [0.3, 0.4) is 0 Å². The average molecular weight is 263 g/mol. The summed E-state index contributed by atoms with van der Waals surface area (Å²) >= 11 is 0. The first kappa shape index (κ1) is 12.3. The van der Waals surface area contributed by atoms with E-state index < -0.39 is 0 Å². The van der Waals surface area contributed by atoms with E-state index in [2.05, 4.69) is 30.0 Å². The van der Waals surface area contributed by atoms with E-state index in [0.717, 1.165) is 23.1 Å². The first-order valence-corrected chi connectivity index (χ1v) is 6.51. The van der Waals surface area contributed by atoms with Crippen molar-refractivity contribution in [3.8, 4) is 0 Å². The summed E-state index contributed by atoms with van der Waals surface area (Å²) in [5.74, 6) is 1.99. The van der Waals surface area contributed by atoms with Gasteiger partial charge in [-0.25, -0.2) is 4.63 Å². The summed E-state index contributed by atoms with van der Waals surface area (Å²) in [5, 5.41) is 11.6. The molecule has 0 aliphatic heterocycles. The fraction of sp³-hybridized carbons (Fsp3) is 0.667. The van der Waals surface area contributed by atoms with E-state index in [1.807, 2.05) is 14.0 Å². The first-order chi connectivity index (χ1) is 9.22. The molecule has 2 heterocycles. The van der Waals surface area contributed by atoms with Crippen molar-refractivity contribution in [1.82, 2.24) is 25.4 Å². The summed E-state index contributed by atoms with van der Waals surface area (Å²) in [4.78, 5) is 6.50. The molecule has 1 aliphatic carbocycles. The SMILES string of the molecule is Cc1nonc1CN(C)Cc1noc(C2CCC2)n1. The second-order valence-corrected chi connectivity index (χ2v) is 5.15. The van der Waals surface area contributed by atoms with Gasteiger partial charge in [0.15, 0.2) is 5.82 Å². The van der Waals surface area contributed by atoms with Crippen molar-refractivity contribution in [3.05, 3.63) is 23.1 Å². The van der Waals surface area contributed by atoms with Crippen molar-refractivity contribution in [2.45, 2.75) is 45.2 Å². The fourth-order valence-electron chi connectivity index (χ4n) is 2.10. The number of hydrogen-bond donors (Lipinski definition) is 0. The average Bonchev–Trinajstić information content (AvgIpc) is 2.88. The Balaban J connectivity index is 1.58. The van der Waals surface area contributed by atoms with Gasteiger partial charge < -0.3 is 4.52 Å². The van der Waals surface area contributed by atoms with Crippen LogP contribution in [0, 0.1) is 6.92 Å². The first-order valence-electron chi connectivity index (χ1n) is 6.51. The molecular weight excluding hydrogens is 246 g/mol. The van der Waals surface area contributed by atoms with E-state index in [4.69, 9.17) is 4.52 Å². The minimum absolute atomic E-state index is 0.480. The Morgan fingerprint density at radius 2 is 2.05 bits per heavy atom. The van der Waals surface area contributed by atoms with Crippen LogP contribution in [0.25, 0.3) is 0 Å². The molecule has 1 fully saturated rings. The van der Waals surface area contributed by atoms with Gasteiger partial charge in [-0.3, -0.25) is 4.90 Å². The minimum atomic E-state index is 0.480. The quantitative estimate of drug-likeness (QED) is 0.811. The summed E-state index contributed by atoms with van der Waals surface area (Å²) in [6.45, 7) is 3.16. The Morgan fingerprint density at radius 3 is 2.68 bits per heavy atom. The highest BCUT2D eigenvalue weighted by atomic mass is 16.6. The Labute approximate surface area is 110 Å². The van der Waals surface area contributed by atoms with Crippen molar-refractivity contribution >= 4 is 0 Å². The molecule has 0 aromatic carbocycles. The number of aryl methyl sites for hydroxylation is 1. The van der Waals surface area contributed by atoms with Gasteiger partial charge in [0.25, 0.3) is 0 Å². The van der Waals surface area contributed by atoms with Crippen LogP contribution in [-0.4, -0.2) is 32.4 Å². The van der Waals surface area contributed by atoms with Gasteiger partial charge in [0, 0.05) is 12.5 Å². The lowest BCUT2D eigenvalue weighted by atomic mass is 9.85. The normalized spacial score (nSPS) is 15.9. The molecule has 0 N–H and O–H groups in total. The summed E-state index contributed by atoms with van der Waals surface area (Å²) in [6.07, 6.45) is 3.60. The number of rotatable bonds is 5. The number of hydrogen-bond acceptors (Lipinski definition) is 7. The topological polar surface area (TPSA) is 81.1 Å². The van der Waals surface area contributed by atoms with Crippen LogP contribution in [0.5, 0.6) is 0 Å². The van der Waals surface area contributed by atoms with E-state index in [0.29, 0.717) is 19.0 Å². The van der Waals surface area contributed by atoms with Crippen LogP contribution < -0.4 is 0 Å². The second kappa shape index (κ2) is 5.08. The summed E-state index contributed by atoms with van der Waals surface area (Å²) in [7, 11) is 1.98. The van der Waals surface area contributed by atoms with Crippen LogP contribution in [-0.2, 0) is 13.1 Å². The number of nitrogens with zero attached hydrogens (tertiary/aromatic N) is 5. The molecule has 0 radical (unpaired) electrons. The zero-order valence-electron chi connectivity index (χ0n) is 11.2. The largest absolute Gasteiger partial charge is 0.339 e. The maximum Gasteiger partial charge on any atom is 0.229 e. The van der Waals surface area contributed by atoms with Gasteiger partial charge in [-0.2, -0.15) is 4.98 Å². The van der Waals surface area contributed by atoms with Crippen molar-refractivity contribution < 1.29 is 9.15 Å². The molecule has 102 valence electrons. The smallest absolute Gasteiger partial charge is 0.229 e. The van der Waals surface area contributed by atoms with Crippen LogP contribution in [0.1, 0.15) is 48.3 Å². The van der Waals surface area contributed by atoms with E-state index in [-0.39, 0.29) is 0 Å². The van der Waals surface area contributed by atoms with Gasteiger partial charge in [-0.05, 0) is 26.8 Å². The molecule has 0 bridgehead atoms. The monoisotopic (exact) mass is 263 g/mol. The van der Waals surface area contributed by atoms with Crippen LogP contribution in [0.4, 0.5) is 0 Å². The lowest BCUT2D eigenvalue weighted by Crippen LogP contribution is -2.19. The molecule has 19 heavy (non-hydrogen) atoms. The third-order valence-electron chi connectivity index (χ3n) is 3.52. The molecule has 1 aliphatic rings. The van der Waals surface area contributed by atoms with E-state index in [1.54, 1.807) is 0 Å². The highest BCUT2D eigenvalue weighted by Crippen LogP contribution is 2.35. The highest BCUT2D eigenvalue weighted by Gasteiger charge is 2.25. The fourth-order valence-corrected chi connectivity index (χ4v) is 2.10. The minimum Gasteiger partial charge on any atom is -0.339 e. The molecule has 0 atom stereocenters. The summed E-state index contributed by atoms with van der Waals surface area (Å²) in [6, 6.07) is 0. The van der Waals surface area contributed by atoms with Crippen molar-refractivity contribution in [3.63, 3.8) is 0 Å². The molecule has 1 saturated carbocycles. The van der Waals surface area contributed by atoms with Crippen molar-refractivity contribution in [2.24, 2.45) is 0 Å². The Kier molecular flexibility index (Phi) is 3.29. The lowest BCUT2D eigenvalue weighted by molar-refractivity contribution is 0.269. The zero-order valence-corrected chi connectivity index (χ0v) is 11.2. The van der Waals surface area contributed by atoms with Gasteiger partial charge in [-0.15, -0.1) is 0 Å². The predicted molar refractivity (Wildman–Crippen MR) is 65.1 cm³/mol. The highest BCUT2D eigenvalue weighted by molar-refractivity contribution is 5.04. The molecule has 7 nitrogen and oxygen atoms in total. The molecule has 0 spiro atoms. The molecule has 2 aromatic rings. The number of aromatic nitrogens is 4. The van der Waals surface area contributed by atoms with Gasteiger partial charge in [0.2, 0.25) is 5.89 Å². The van der Waals surface area contributed by atoms with Crippen molar-refractivity contribution in [1.29, 1.82) is 0 Å². The summed E-state index contributed by atoms with van der Waals surface area (Å²) in [5.41, 5.74) is 1.65. The molecule has 0 unspecified atom stereocenters. The lowest BCUT2D eigenvalue weighted by Gasteiger charge is -2.20. The Morgan fingerprint density at radius 1 is 1.21 bits per heavy atom. The maximum atomic E-state index is 5.29. The predicted octanol–water partition coefficient (Wildman–Crippen LogP) is 1.66. The second-order valence-electron chi connectivity index (χ2n) is 5.15. The van der Waals surface area contributed by atoms with E-state index >= 15 is 0 Å². The molecule has 3 rings (SSSR count). The zero-order chi connectivity index (χ0) is 13.2. The molecule has 0 amide bonds. The van der Waals surface area contributed by atoms with E-state index in [9.17, 15) is 0 Å². The van der Waals surface area contributed by atoms with E-state index in [1.165, 1.54) is 19.3 Å².